The molecular formula is C3H9LiO5. The van der Waals surface area contributed by atoms with Gasteiger partial charge in [-0.3, -0.25) is 0 Å². The molecule has 0 saturated carbocycles. The minimum atomic E-state index is -1.83. The van der Waals surface area contributed by atoms with Gasteiger partial charge in [-0.25, -0.2) is 4.79 Å². The van der Waals surface area contributed by atoms with Crippen LogP contribution in [0, 0.1) is 0 Å². The van der Waals surface area contributed by atoms with Gasteiger partial charge >= 0.3 is 25.0 Å². The van der Waals surface area contributed by atoms with Gasteiger partial charge in [-0.1, -0.05) is 0 Å². The van der Waals surface area contributed by atoms with Crippen LogP contribution < -0.4 is 0 Å². The topological polar surface area (TPSA) is 98.0 Å². The molecule has 0 atom stereocenters. The van der Waals surface area contributed by atoms with Crippen LogP contribution in [0.1, 0.15) is 0 Å². The molecule has 0 bridgehead atoms. The van der Waals surface area contributed by atoms with Gasteiger partial charge in [-0.15, -0.1) is 0 Å². The average molecular weight is 132 g/mol. The van der Waals surface area contributed by atoms with E-state index in [0.29, 0.717) is 0 Å². The van der Waals surface area contributed by atoms with Crippen molar-refractivity contribution in [1.82, 2.24) is 0 Å². The fourth-order valence-electron chi connectivity index (χ4n) is 0. The van der Waals surface area contributed by atoms with Crippen molar-refractivity contribution in [3.8, 4) is 0 Å². The maximum atomic E-state index is 8.56. The van der Waals surface area contributed by atoms with Crippen molar-refractivity contribution in [3.05, 3.63) is 0 Å². The Bertz CT molecular complexity index is 50.2. The molecule has 0 rings (SSSR count). The zero-order valence-electron chi connectivity index (χ0n) is 4.11. The van der Waals surface area contributed by atoms with Gasteiger partial charge in [0.25, 0.3) is 0 Å². The van der Waals surface area contributed by atoms with Crippen LogP contribution in [0.4, 0.5) is 4.79 Å². The van der Waals surface area contributed by atoms with Crippen LogP contribution >= 0.6 is 0 Å². The van der Waals surface area contributed by atoms with Gasteiger partial charge in [-0.2, -0.15) is 0 Å². The van der Waals surface area contributed by atoms with Crippen LogP contribution in [0.3, 0.4) is 0 Å². The Morgan fingerprint density at radius 1 is 1.11 bits per heavy atom. The average Bonchev–Trinajstić information content (AvgIpc) is 1.65. The van der Waals surface area contributed by atoms with E-state index < -0.39 is 6.16 Å². The summed E-state index contributed by atoms with van der Waals surface area (Å²) < 4.78 is 0. The van der Waals surface area contributed by atoms with Crippen molar-refractivity contribution in [2.24, 2.45) is 0 Å². The third kappa shape index (κ3) is 421. The van der Waals surface area contributed by atoms with E-state index in [1.807, 2.05) is 0 Å². The van der Waals surface area contributed by atoms with Crippen LogP contribution in [0.15, 0.2) is 0 Å². The van der Waals surface area contributed by atoms with Crippen LogP contribution in [0.2, 0.25) is 0 Å². The van der Waals surface area contributed by atoms with E-state index in [2.05, 4.69) is 0 Å². The fraction of sp³-hybridized carbons (Fsp3) is 0.667. The Balaban J connectivity index is -0.0000000720. The molecule has 4 N–H and O–H groups in total. The van der Waals surface area contributed by atoms with Gasteiger partial charge in [0.05, 0.1) is 13.2 Å². The summed E-state index contributed by atoms with van der Waals surface area (Å²) in [7, 11) is 0. The third-order valence-electron chi connectivity index (χ3n) is 0.1000. The number of aliphatic hydroxyl groups excluding tert-OH is 2. The van der Waals surface area contributed by atoms with E-state index in [4.69, 9.17) is 25.2 Å². The van der Waals surface area contributed by atoms with Crippen molar-refractivity contribution >= 4 is 25.0 Å². The normalized spacial score (nSPS) is 6.00. The number of carbonyl (C=O) groups is 1. The van der Waals surface area contributed by atoms with Crippen molar-refractivity contribution in [3.63, 3.8) is 0 Å². The van der Waals surface area contributed by atoms with Gasteiger partial charge in [0.2, 0.25) is 0 Å². The summed E-state index contributed by atoms with van der Waals surface area (Å²) in [5.41, 5.74) is 0. The molecule has 0 aromatic carbocycles. The second kappa shape index (κ2) is 15.7. The molecule has 0 saturated heterocycles. The second-order valence-electron chi connectivity index (χ2n) is 0.730. The summed E-state index contributed by atoms with van der Waals surface area (Å²) in [5.74, 6) is 0. The molecule has 0 aliphatic rings. The molecular weight excluding hydrogens is 123 g/mol. The van der Waals surface area contributed by atoms with Crippen molar-refractivity contribution in [1.29, 1.82) is 0 Å². The van der Waals surface area contributed by atoms with Gasteiger partial charge in [0, 0.05) is 0 Å². The first-order valence-corrected chi connectivity index (χ1v) is 1.78. The predicted molar refractivity (Wildman–Crippen MR) is 32.0 cm³/mol. The molecule has 0 aliphatic carbocycles. The third-order valence-corrected chi connectivity index (χ3v) is 0.1000. The SMILES string of the molecule is O=C(O)O.OCCO.[LiH]. The summed E-state index contributed by atoms with van der Waals surface area (Å²) >= 11 is 0. The maximum absolute atomic E-state index is 8.56. The first-order chi connectivity index (χ1) is 3.65. The van der Waals surface area contributed by atoms with E-state index in [1.54, 1.807) is 0 Å². The Morgan fingerprint density at radius 3 is 1.22 bits per heavy atom. The Hall–Kier alpha value is -0.213. The van der Waals surface area contributed by atoms with Gasteiger partial charge in [0.15, 0.2) is 0 Å². The molecule has 0 aromatic heterocycles. The molecule has 0 amide bonds. The first kappa shape index (κ1) is 15.9. The zero-order chi connectivity index (χ0) is 6.99. The standard InChI is InChI=1S/C2H6O2.CH2O3.Li.H/c3-1-2-4;2-1(3)4;;/h3-4H,1-2H2;(H2,2,3,4);;. The molecule has 5 nitrogen and oxygen atoms in total. The molecule has 0 aliphatic heterocycles. The number of aliphatic hydroxyl groups is 2. The molecule has 0 fully saturated rings. The minimum absolute atomic E-state index is 0. The van der Waals surface area contributed by atoms with Gasteiger partial charge in [0.1, 0.15) is 0 Å². The van der Waals surface area contributed by atoms with E-state index in [1.165, 1.54) is 0 Å². The number of hydrogen-bond donors (Lipinski definition) is 4. The van der Waals surface area contributed by atoms with Crippen LogP contribution in [0.25, 0.3) is 0 Å². The molecule has 6 heteroatoms. The van der Waals surface area contributed by atoms with Gasteiger partial charge in [-0.05, 0) is 0 Å². The molecule has 52 valence electrons. The Morgan fingerprint density at radius 2 is 1.22 bits per heavy atom. The van der Waals surface area contributed by atoms with Crippen LogP contribution in [-0.4, -0.2) is 58.7 Å². The summed E-state index contributed by atoms with van der Waals surface area (Å²) in [4.78, 5) is 8.56. The monoisotopic (exact) mass is 132 g/mol. The first-order valence-electron chi connectivity index (χ1n) is 1.78. The van der Waals surface area contributed by atoms with Crippen LogP contribution in [0.5, 0.6) is 0 Å². The van der Waals surface area contributed by atoms with E-state index >= 15 is 0 Å². The van der Waals surface area contributed by atoms with Crippen molar-refractivity contribution in [2.75, 3.05) is 13.2 Å². The zero-order valence-corrected chi connectivity index (χ0v) is 4.11. The second-order valence-corrected chi connectivity index (χ2v) is 0.730. The molecule has 0 aromatic rings. The summed E-state index contributed by atoms with van der Waals surface area (Å²) in [6.45, 7) is -0.250. The predicted octanol–water partition coefficient (Wildman–Crippen LogP) is -1.46. The fourth-order valence-corrected chi connectivity index (χ4v) is 0. The molecule has 9 heavy (non-hydrogen) atoms. The quantitative estimate of drug-likeness (QED) is 0.327. The van der Waals surface area contributed by atoms with Gasteiger partial charge < -0.3 is 20.4 Å². The summed E-state index contributed by atoms with van der Waals surface area (Å²) in [5, 5.41) is 29.2. The van der Waals surface area contributed by atoms with E-state index in [9.17, 15) is 0 Å². The number of carboxylic acid groups (broad SMARTS) is 2. The van der Waals surface area contributed by atoms with E-state index in [-0.39, 0.29) is 32.1 Å². The molecule has 0 heterocycles. The number of rotatable bonds is 1. The molecule has 0 spiro atoms. The van der Waals surface area contributed by atoms with Crippen molar-refractivity contribution in [2.45, 2.75) is 0 Å². The summed E-state index contributed by atoms with van der Waals surface area (Å²) in [6.07, 6.45) is -1.83. The molecule has 0 radical (unpaired) electrons. The van der Waals surface area contributed by atoms with Crippen LogP contribution in [-0.2, 0) is 0 Å². The van der Waals surface area contributed by atoms with Crippen molar-refractivity contribution < 1.29 is 25.2 Å². The Labute approximate surface area is 64.1 Å². The number of hydrogen-bond acceptors (Lipinski definition) is 3. The summed E-state index contributed by atoms with van der Waals surface area (Å²) in [6, 6.07) is 0. The Kier molecular flexibility index (Phi) is 27.7. The molecule has 0 unspecified atom stereocenters. The van der Waals surface area contributed by atoms with E-state index in [0.717, 1.165) is 0 Å².